The number of carbonyl (C=O) groups is 2. The Hall–Kier alpha value is -2.86. The van der Waals surface area contributed by atoms with E-state index in [-0.39, 0.29) is 21.1 Å². The first kappa shape index (κ1) is 22.8. The van der Waals surface area contributed by atoms with Crippen LogP contribution in [0.2, 0.25) is 0 Å². The fraction of sp³-hybridized carbons (Fsp3) is 0.250. The molecule has 1 saturated heterocycles. The van der Waals surface area contributed by atoms with E-state index in [0.717, 1.165) is 0 Å². The summed E-state index contributed by atoms with van der Waals surface area (Å²) in [7, 11) is -2.33. The lowest BCUT2D eigenvalue weighted by Crippen LogP contribution is -2.40. The molecule has 0 aliphatic carbocycles. The number of rotatable bonds is 5. The van der Waals surface area contributed by atoms with Gasteiger partial charge in [0, 0.05) is 24.3 Å². The first-order chi connectivity index (χ1) is 14.8. The van der Waals surface area contributed by atoms with Crippen molar-refractivity contribution in [3.8, 4) is 0 Å². The molecule has 1 aliphatic rings. The molecular formula is C20H21N3O6S2. The molecule has 1 amide bonds. The maximum absolute atomic E-state index is 12.7. The Labute approximate surface area is 185 Å². The number of esters is 1. The van der Waals surface area contributed by atoms with Crippen LogP contribution in [-0.4, -0.2) is 63.1 Å². The summed E-state index contributed by atoms with van der Waals surface area (Å²) in [4.78, 5) is 24.2. The molecule has 0 radical (unpaired) electrons. The monoisotopic (exact) mass is 463 g/mol. The normalized spacial score (nSPS) is 14.5. The van der Waals surface area contributed by atoms with Gasteiger partial charge in [-0.2, -0.15) is 4.31 Å². The lowest BCUT2D eigenvalue weighted by atomic mass is 10.1. The van der Waals surface area contributed by atoms with Gasteiger partial charge in [0.2, 0.25) is 10.0 Å². The van der Waals surface area contributed by atoms with Crippen LogP contribution in [0.1, 0.15) is 20.7 Å². The van der Waals surface area contributed by atoms with Crippen molar-refractivity contribution in [1.29, 1.82) is 0 Å². The summed E-state index contributed by atoms with van der Waals surface area (Å²) < 4.78 is 36.5. The first-order valence-corrected chi connectivity index (χ1v) is 11.1. The highest BCUT2D eigenvalue weighted by atomic mass is 32.2. The van der Waals surface area contributed by atoms with Crippen LogP contribution in [0.25, 0.3) is 0 Å². The molecule has 31 heavy (non-hydrogen) atoms. The largest absolute Gasteiger partial charge is 0.465 e. The average molecular weight is 464 g/mol. The summed E-state index contributed by atoms with van der Waals surface area (Å²) in [6.45, 7) is 1.37. The maximum atomic E-state index is 12.7. The van der Waals surface area contributed by atoms with Crippen LogP contribution < -0.4 is 10.6 Å². The number of carbonyl (C=O) groups excluding carboxylic acids is 2. The summed E-state index contributed by atoms with van der Waals surface area (Å²) in [6.07, 6.45) is 0. The smallest absolute Gasteiger partial charge is 0.337 e. The molecular weight excluding hydrogens is 442 g/mol. The minimum absolute atomic E-state index is 0.0252. The minimum atomic E-state index is -3.59. The lowest BCUT2D eigenvalue weighted by molar-refractivity contribution is 0.0600. The number of nitrogens with one attached hydrogen (secondary N) is 2. The Morgan fingerprint density at radius 2 is 1.71 bits per heavy atom. The van der Waals surface area contributed by atoms with Crippen LogP contribution in [0.3, 0.4) is 0 Å². The van der Waals surface area contributed by atoms with E-state index in [1.54, 1.807) is 18.2 Å². The number of thiocarbonyl (C=S) groups is 1. The van der Waals surface area contributed by atoms with Crippen LogP contribution >= 0.6 is 12.2 Å². The summed E-state index contributed by atoms with van der Waals surface area (Å²) in [5.41, 5.74) is 0.986. The van der Waals surface area contributed by atoms with Gasteiger partial charge in [-0.25, -0.2) is 13.2 Å². The standard InChI is InChI=1S/C20H21N3O6S2/c1-28-19(25)15-4-2-3-14(13-15)18(24)22-20(30)21-16-5-7-17(8-6-16)31(26,27)23-9-11-29-12-10-23/h2-8,13H,9-12H2,1H3,(H2,21,22,24,30). The predicted molar refractivity (Wildman–Crippen MR) is 117 cm³/mol. The number of benzene rings is 2. The van der Waals surface area contributed by atoms with Gasteiger partial charge in [0.25, 0.3) is 5.91 Å². The van der Waals surface area contributed by atoms with E-state index < -0.39 is 21.9 Å². The predicted octanol–water partition coefficient (Wildman–Crippen LogP) is 1.62. The second-order valence-corrected chi connectivity index (χ2v) is 8.87. The number of methoxy groups -OCH3 is 1. The van der Waals surface area contributed by atoms with E-state index in [2.05, 4.69) is 15.4 Å². The highest BCUT2D eigenvalue weighted by Crippen LogP contribution is 2.19. The summed E-state index contributed by atoms with van der Waals surface area (Å²) >= 11 is 5.15. The van der Waals surface area contributed by atoms with Crippen molar-refractivity contribution in [3.05, 3.63) is 59.7 Å². The number of hydrogen-bond donors (Lipinski definition) is 2. The van der Waals surface area contributed by atoms with Crippen LogP contribution in [0.4, 0.5) is 5.69 Å². The molecule has 3 rings (SSSR count). The molecule has 0 spiro atoms. The molecule has 0 aromatic heterocycles. The molecule has 0 saturated carbocycles. The van der Waals surface area contributed by atoms with Crippen molar-refractivity contribution >= 4 is 44.9 Å². The van der Waals surface area contributed by atoms with Gasteiger partial charge in [-0.15, -0.1) is 0 Å². The fourth-order valence-corrected chi connectivity index (χ4v) is 4.51. The molecule has 1 fully saturated rings. The van der Waals surface area contributed by atoms with Gasteiger partial charge in [-0.05, 0) is 54.7 Å². The van der Waals surface area contributed by atoms with Crippen LogP contribution in [0.5, 0.6) is 0 Å². The second-order valence-electron chi connectivity index (χ2n) is 6.52. The first-order valence-electron chi connectivity index (χ1n) is 9.30. The van der Waals surface area contributed by atoms with E-state index in [1.165, 1.54) is 41.7 Å². The van der Waals surface area contributed by atoms with E-state index in [1.807, 2.05) is 0 Å². The van der Waals surface area contributed by atoms with Crippen molar-refractivity contribution in [2.75, 3.05) is 38.7 Å². The van der Waals surface area contributed by atoms with Gasteiger partial charge >= 0.3 is 5.97 Å². The number of morpholine rings is 1. The highest BCUT2D eigenvalue weighted by Gasteiger charge is 2.26. The molecule has 164 valence electrons. The van der Waals surface area contributed by atoms with Crippen molar-refractivity contribution in [3.63, 3.8) is 0 Å². The molecule has 0 atom stereocenters. The quantitative estimate of drug-likeness (QED) is 0.508. The Morgan fingerprint density at radius 1 is 1.06 bits per heavy atom. The summed E-state index contributed by atoms with van der Waals surface area (Å²) in [6, 6.07) is 12.1. The third-order valence-corrected chi connectivity index (χ3v) is 6.61. The van der Waals surface area contributed by atoms with E-state index >= 15 is 0 Å². The maximum Gasteiger partial charge on any atom is 0.337 e. The third kappa shape index (κ3) is 5.64. The second kappa shape index (κ2) is 9.96. The fourth-order valence-electron chi connectivity index (χ4n) is 2.89. The Kier molecular flexibility index (Phi) is 7.33. The zero-order chi connectivity index (χ0) is 22.4. The minimum Gasteiger partial charge on any atom is -0.465 e. The van der Waals surface area contributed by atoms with Gasteiger partial charge in [0.1, 0.15) is 0 Å². The average Bonchev–Trinajstić information content (AvgIpc) is 2.79. The molecule has 2 aromatic rings. The molecule has 9 nitrogen and oxygen atoms in total. The number of amides is 1. The number of sulfonamides is 1. The molecule has 1 aliphatic heterocycles. The van der Waals surface area contributed by atoms with Crippen molar-refractivity contribution in [2.45, 2.75) is 4.90 Å². The molecule has 1 heterocycles. The number of anilines is 1. The van der Waals surface area contributed by atoms with Crippen LogP contribution in [0.15, 0.2) is 53.4 Å². The SMILES string of the molecule is COC(=O)c1cccc(C(=O)NC(=S)Nc2ccc(S(=O)(=O)N3CCOCC3)cc2)c1. The van der Waals surface area contributed by atoms with Crippen molar-refractivity contribution < 1.29 is 27.5 Å². The van der Waals surface area contributed by atoms with Crippen molar-refractivity contribution in [1.82, 2.24) is 9.62 Å². The van der Waals surface area contributed by atoms with Gasteiger partial charge in [0.05, 0.1) is 30.8 Å². The van der Waals surface area contributed by atoms with Gasteiger partial charge < -0.3 is 14.8 Å². The lowest BCUT2D eigenvalue weighted by Gasteiger charge is -2.26. The zero-order valence-electron chi connectivity index (χ0n) is 16.7. The molecule has 2 aromatic carbocycles. The Bertz CT molecular complexity index is 1080. The number of nitrogens with zero attached hydrogens (tertiary/aromatic N) is 1. The van der Waals surface area contributed by atoms with Crippen LogP contribution in [-0.2, 0) is 19.5 Å². The Morgan fingerprint density at radius 3 is 2.35 bits per heavy atom. The van der Waals surface area contributed by atoms with E-state index in [4.69, 9.17) is 17.0 Å². The topological polar surface area (TPSA) is 114 Å². The number of hydrogen-bond acceptors (Lipinski definition) is 7. The number of ether oxygens (including phenoxy) is 2. The molecule has 0 bridgehead atoms. The van der Waals surface area contributed by atoms with Crippen molar-refractivity contribution in [2.24, 2.45) is 0 Å². The van der Waals surface area contributed by atoms with Gasteiger partial charge in [-0.1, -0.05) is 6.07 Å². The Balaban J connectivity index is 1.62. The van der Waals surface area contributed by atoms with Crippen LogP contribution in [0, 0.1) is 0 Å². The third-order valence-electron chi connectivity index (χ3n) is 4.49. The molecule has 2 N–H and O–H groups in total. The molecule has 11 heteroatoms. The van der Waals surface area contributed by atoms with Gasteiger partial charge in [0.15, 0.2) is 5.11 Å². The van der Waals surface area contributed by atoms with E-state index in [0.29, 0.717) is 32.0 Å². The summed E-state index contributed by atoms with van der Waals surface area (Å²) in [5, 5.41) is 5.37. The summed E-state index contributed by atoms with van der Waals surface area (Å²) in [5.74, 6) is -1.06. The van der Waals surface area contributed by atoms with Gasteiger partial charge in [-0.3, -0.25) is 10.1 Å². The zero-order valence-corrected chi connectivity index (χ0v) is 18.3. The highest BCUT2D eigenvalue weighted by molar-refractivity contribution is 7.89. The molecule has 0 unspecified atom stereocenters. The van der Waals surface area contributed by atoms with E-state index in [9.17, 15) is 18.0 Å².